The van der Waals surface area contributed by atoms with Crippen LogP contribution in [0.4, 0.5) is 0 Å². The Bertz CT molecular complexity index is 1060. The maximum Gasteiger partial charge on any atom is 0.232 e. The van der Waals surface area contributed by atoms with Gasteiger partial charge in [0.15, 0.2) is 0 Å². The minimum atomic E-state index is -0.363. The van der Waals surface area contributed by atoms with Crippen LogP contribution in [0.3, 0.4) is 0 Å². The Hall–Kier alpha value is -3.92. The molecule has 0 aliphatic carbocycles. The van der Waals surface area contributed by atoms with Gasteiger partial charge in [-0.3, -0.25) is 4.79 Å². The van der Waals surface area contributed by atoms with Crippen LogP contribution in [0.15, 0.2) is 109 Å². The summed E-state index contributed by atoms with van der Waals surface area (Å²) in [6.07, 6.45) is 1.70. The van der Waals surface area contributed by atoms with E-state index in [0.29, 0.717) is 19.0 Å². The number of amides is 1. The van der Waals surface area contributed by atoms with Crippen molar-refractivity contribution < 1.29 is 9.53 Å². The monoisotopic (exact) mass is 408 g/mol. The van der Waals surface area contributed by atoms with Crippen molar-refractivity contribution in [3.63, 3.8) is 0 Å². The van der Waals surface area contributed by atoms with E-state index in [4.69, 9.17) is 4.74 Å². The third-order valence-corrected chi connectivity index (χ3v) is 5.02. The standard InChI is InChI=1S/C27H24N2O2/c30-27(26(23-12-6-2-7-13-23)24-14-8-3-9-15-24)29-19-22-16-17-28-25(18-22)31-20-21-10-4-1-5-11-21/h1-18,26H,19-20H2,(H,29,30). The molecule has 0 bridgehead atoms. The highest BCUT2D eigenvalue weighted by Gasteiger charge is 2.22. The van der Waals surface area contributed by atoms with Crippen molar-refractivity contribution in [1.82, 2.24) is 10.3 Å². The lowest BCUT2D eigenvalue weighted by molar-refractivity contribution is -0.121. The van der Waals surface area contributed by atoms with Crippen LogP contribution in [-0.2, 0) is 17.9 Å². The minimum Gasteiger partial charge on any atom is -0.473 e. The average Bonchev–Trinajstić information content (AvgIpc) is 2.84. The molecule has 0 fully saturated rings. The molecule has 4 rings (SSSR count). The Kier molecular flexibility index (Phi) is 6.71. The van der Waals surface area contributed by atoms with Crippen LogP contribution in [0.2, 0.25) is 0 Å². The fraction of sp³-hybridized carbons (Fsp3) is 0.111. The van der Waals surface area contributed by atoms with Gasteiger partial charge in [0.05, 0.1) is 5.92 Å². The van der Waals surface area contributed by atoms with Gasteiger partial charge in [-0.15, -0.1) is 0 Å². The Morgan fingerprint density at radius 2 is 1.35 bits per heavy atom. The van der Waals surface area contributed by atoms with Crippen LogP contribution in [0.25, 0.3) is 0 Å². The second-order valence-electron chi connectivity index (χ2n) is 7.25. The third-order valence-electron chi connectivity index (χ3n) is 5.02. The largest absolute Gasteiger partial charge is 0.473 e. The third kappa shape index (κ3) is 5.58. The molecule has 0 aliphatic heterocycles. The molecule has 4 nitrogen and oxygen atoms in total. The Morgan fingerprint density at radius 3 is 1.97 bits per heavy atom. The van der Waals surface area contributed by atoms with Crippen molar-refractivity contribution in [3.05, 3.63) is 132 Å². The Morgan fingerprint density at radius 1 is 0.774 bits per heavy atom. The highest BCUT2D eigenvalue weighted by Crippen LogP contribution is 2.25. The van der Waals surface area contributed by atoms with Crippen molar-refractivity contribution in [1.29, 1.82) is 0 Å². The Balaban J connectivity index is 1.43. The smallest absolute Gasteiger partial charge is 0.232 e. The van der Waals surface area contributed by atoms with Gasteiger partial charge in [0.2, 0.25) is 11.8 Å². The first-order valence-electron chi connectivity index (χ1n) is 10.3. The van der Waals surface area contributed by atoms with Crippen molar-refractivity contribution >= 4 is 5.91 Å². The molecule has 0 aliphatic rings. The summed E-state index contributed by atoms with van der Waals surface area (Å²) in [6, 6.07) is 33.4. The highest BCUT2D eigenvalue weighted by atomic mass is 16.5. The molecule has 0 atom stereocenters. The lowest BCUT2D eigenvalue weighted by atomic mass is 9.90. The summed E-state index contributed by atoms with van der Waals surface area (Å²) in [6.45, 7) is 0.854. The normalized spacial score (nSPS) is 10.6. The number of pyridine rings is 1. The first kappa shape index (κ1) is 20.4. The maximum absolute atomic E-state index is 13.2. The lowest BCUT2D eigenvalue weighted by Gasteiger charge is -2.18. The number of benzene rings is 3. The van der Waals surface area contributed by atoms with Gasteiger partial charge in [0, 0.05) is 18.8 Å². The number of ether oxygens (including phenoxy) is 1. The summed E-state index contributed by atoms with van der Waals surface area (Å²) in [5, 5.41) is 3.07. The molecule has 1 amide bonds. The zero-order chi connectivity index (χ0) is 21.3. The minimum absolute atomic E-state index is 0.0408. The predicted molar refractivity (Wildman–Crippen MR) is 122 cm³/mol. The number of carbonyl (C=O) groups excluding carboxylic acids is 1. The van der Waals surface area contributed by atoms with E-state index in [2.05, 4.69) is 10.3 Å². The van der Waals surface area contributed by atoms with Crippen molar-refractivity contribution in [2.45, 2.75) is 19.1 Å². The van der Waals surface area contributed by atoms with E-state index < -0.39 is 0 Å². The molecule has 0 radical (unpaired) electrons. The van der Waals surface area contributed by atoms with E-state index in [1.807, 2.05) is 103 Å². The molecule has 0 saturated carbocycles. The SMILES string of the molecule is O=C(NCc1ccnc(OCc2ccccc2)c1)C(c1ccccc1)c1ccccc1. The molecule has 1 N–H and O–H groups in total. The summed E-state index contributed by atoms with van der Waals surface area (Å²) >= 11 is 0. The molecule has 154 valence electrons. The maximum atomic E-state index is 13.2. The van der Waals surface area contributed by atoms with Crippen LogP contribution in [0.1, 0.15) is 28.2 Å². The zero-order valence-electron chi connectivity index (χ0n) is 17.1. The second kappa shape index (κ2) is 10.2. The van der Waals surface area contributed by atoms with Crippen LogP contribution in [-0.4, -0.2) is 10.9 Å². The number of hydrogen-bond acceptors (Lipinski definition) is 3. The van der Waals surface area contributed by atoms with E-state index in [0.717, 1.165) is 22.3 Å². The van der Waals surface area contributed by atoms with E-state index in [1.54, 1.807) is 6.20 Å². The van der Waals surface area contributed by atoms with Gasteiger partial charge in [-0.1, -0.05) is 91.0 Å². The molecule has 0 saturated heterocycles. The zero-order valence-corrected chi connectivity index (χ0v) is 17.1. The van der Waals surface area contributed by atoms with Gasteiger partial charge in [-0.25, -0.2) is 4.98 Å². The fourth-order valence-electron chi connectivity index (χ4n) is 3.45. The molecule has 4 aromatic rings. The topological polar surface area (TPSA) is 51.2 Å². The van der Waals surface area contributed by atoms with Gasteiger partial charge in [0.25, 0.3) is 0 Å². The number of hydrogen-bond donors (Lipinski definition) is 1. The fourth-order valence-corrected chi connectivity index (χ4v) is 3.45. The molecule has 1 heterocycles. The molecule has 3 aromatic carbocycles. The number of rotatable bonds is 8. The first-order valence-corrected chi connectivity index (χ1v) is 10.3. The summed E-state index contributed by atoms with van der Waals surface area (Å²) < 4.78 is 5.80. The summed E-state index contributed by atoms with van der Waals surface area (Å²) in [7, 11) is 0. The van der Waals surface area contributed by atoms with Crippen LogP contribution in [0.5, 0.6) is 5.88 Å². The van der Waals surface area contributed by atoms with Crippen molar-refractivity contribution in [2.24, 2.45) is 0 Å². The highest BCUT2D eigenvalue weighted by molar-refractivity contribution is 5.87. The van der Waals surface area contributed by atoms with Crippen molar-refractivity contribution in [2.75, 3.05) is 0 Å². The number of nitrogens with one attached hydrogen (secondary N) is 1. The van der Waals surface area contributed by atoms with Crippen molar-refractivity contribution in [3.8, 4) is 5.88 Å². The van der Waals surface area contributed by atoms with E-state index in [-0.39, 0.29) is 11.8 Å². The first-order chi connectivity index (χ1) is 15.3. The van der Waals surface area contributed by atoms with Crippen LogP contribution >= 0.6 is 0 Å². The molecule has 0 unspecified atom stereocenters. The quantitative estimate of drug-likeness (QED) is 0.441. The van der Waals surface area contributed by atoms with Crippen LogP contribution < -0.4 is 10.1 Å². The average molecular weight is 409 g/mol. The van der Waals surface area contributed by atoms with Gasteiger partial charge < -0.3 is 10.1 Å². The van der Waals surface area contributed by atoms with E-state index >= 15 is 0 Å². The van der Waals surface area contributed by atoms with Crippen LogP contribution in [0, 0.1) is 0 Å². The molecule has 31 heavy (non-hydrogen) atoms. The van der Waals surface area contributed by atoms with Gasteiger partial charge in [0.1, 0.15) is 6.61 Å². The summed E-state index contributed by atoms with van der Waals surface area (Å²) in [4.78, 5) is 17.4. The molecule has 0 spiro atoms. The lowest BCUT2D eigenvalue weighted by Crippen LogP contribution is -2.29. The van der Waals surface area contributed by atoms with Gasteiger partial charge in [-0.2, -0.15) is 0 Å². The van der Waals surface area contributed by atoms with E-state index in [1.165, 1.54) is 0 Å². The molecule has 4 heteroatoms. The predicted octanol–water partition coefficient (Wildman–Crippen LogP) is 5.11. The molecule has 1 aromatic heterocycles. The number of nitrogens with zero attached hydrogens (tertiary/aromatic N) is 1. The molecular formula is C27H24N2O2. The summed E-state index contributed by atoms with van der Waals surface area (Å²) in [5.41, 5.74) is 3.95. The second-order valence-corrected chi connectivity index (χ2v) is 7.25. The molecular weight excluding hydrogens is 384 g/mol. The van der Waals surface area contributed by atoms with Gasteiger partial charge in [-0.05, 0) is 28.3 Å². The number of aromatic nitrogens is 1. The summed E-state index contributed by atoms with van der Waals surface area (Å²) in [5.74, 6) is 0.136. The van der Waals surface area contributed by atoms with E-state index in [9.17, 15) is 4.79 Å². The van der Waals surface area contributed by atoms with Gasteiger partial charge >= 0.3 is 0 Å². The Labute approximate surface area is 182 Å². The number of carbonyl (C=O) groups is 1.